The molecular formula is C23H34N4O. The number of likely N-dealkylation sites (tertiary alicyclic amines) is 1. The molecule has 3 aliphatic rings. The molecule has 0 bridgehead atoms. The molecule has 0 aromatic heterocycles. The van der Waals surface area contributed by atoms with Crippen molar-refractivity contribution in [3.8, 4) is 0 Å². The molecule has 1 aromatic rings. The summed E-state index contributed by atoms with van der Waals surface area (Å²) in [5, 5.41) is 3.47. The van der Waals surface area contributed by atoms with E-state index in [2.05, 4.69) is 41.4 Å². The summed E-state index contributed by atoms with van der Waals surface area (Å²) in [5.74, 6) is 3.02. The van der Waals surface area contributed by atoms with Gasteiger partial charge in [-0.2, -0.15) is 0 Å². The topological polar surface area (TPSA) is 47.9 Å². The van der Waals surface area contributed by atoms with Crippen LogP contribution in [0.2, 0.25) is 0 Å². The molecule has 152 valence electrons. The van der Waals surface area contributed by atoms with Crippen molar-refractivity contribution in [2.24, 2.45) is 16.8 Å². The molecule has 1 saturated carbocycles. The first-order valence-corrected chi connectivity index (χ1v) is 11.1. The number of carbonyl (C=O) groups is 1. The maximum absolute atomic E-state index is 12.6. The minimum absolute atomic E-state index is 0.253. The quantitative estimate of drug-likeness (QED) is 0.482. The molecular weight excluding hydrogens is 348 g/mol. The summed E-state index contributed by atoms with van der Waals surface area (Å²) in [6.45, 7) is 7.58. The molecule has 2 fully saturated rings. The van der Waals surface area contributed by atoms with Crippen LogP contribution >= 0.6 is 0 Å². The Morgan fingerprint density at radius 2 is 1.71 bits per heavy atom. The van der Waals surface area contributed by atoms with Gasteiger partial charge in [0.2, 0.25) is 5.91 Å². The van der Waals surface area contributed by atoms with Crippen molar-refractivity contribution < 1.29 is 4.79 Å². The predicted octanol–water partition coefficient (Wildman–Crippen LogP) is 3.40. The number of nitrogens with zero attached hydrogens (tertiary/aromatic N) is 3. The molecule has 1 aliphatic carbocycles. The van der Waals surface area contributed by atoms with Crippen LogP contribution in [0, 0.1) is 11.8 Å². The van der Waals surface area contributed by atoms with E-state index in [0.29, 0.717) is 6.42 Å². The fourth-order valence-corrected chi connectivity index (χ4v) is 5.09. The predicted molar refractivity (Wildman–Crippen MR) is 113 cm³/mol. The van der Waals surface area contributed by atoms with Crippen molar-refractivity contribution in [1.29, 1.82) is 0 Å². The maximum atomic E-state index is 12.6. The third-order valence-corrected chi connectivity index (χ3v) is 6.61. The second kappa shape index (κ2) is 8.97. The molecule has 5 nitrogen and oxygen atoms in total. The van der Waals surface area contributed by atoms with Crippen LogP contribution in [0.15, 0.2) is 29.3 Å². The lowest BCUT2D eigenvalue weighted by atomic mass is 9.82. The number of guanidine groups is 1. The van der Waals surface area contributed by atoms with Gasteiger partial charge in [-0.15, -0.1) is 0 Å². The summed E-state index contributed by atoms with van der Waals surface area (Å²) in [6, 6.07) is 8.36. The van der Waals surface area contributed by atoms with E-state index >= 15 is 0 Å². The van der Waals surface area contributed by atoms with Crippen LogP contribution < -0.4 is 5.32 Å². The molecule has 28 heavy (non-hydrogen) atoms. The summed E-state index contributed by atoms with van der Waals surface area (Å²) in [4.78, 5) is 21.9. The molecule has 2 atom stereocenters. The normalized spacial score (nSPS) is 24.2. The van der Waals surface area contributed by atoms with Gasteiger partial charge in [-0.25, -0.2) is 0 Å². The summed E-state index contributed by atoms with van der Waals surface area (Å²) in [7, 11) is 0. The lowest BCUT2D eigenvalue weighted by molar-refractivity contribution is -0.131. The van der Waals surface area contributed by atoms with Gasteiger partial charge in [-0.1, -0.05) is 37.1 Å². The molecule has 4 rings (SSSR count). The Balaban J connectivity index is 1.25. The fraction of sp³-hybridized carbons (Fsp3) is 0.652. The first kappa shape index (κ1) is 19.3. The molecule has 5 heteroatoms. The highest BCUT2D eigenvalue weighted by Gasteiger charge is 2.35. The molecule has 1 saturated heterocycles. The van der Waals surface area contributed by atoms with Gasteiger partial charge in [-0.05, 0) is 49.1 Å². The van der Waals surface area contributed by atoms with E-state index < -0.39 is 0 Å². The Morgan fingerprint density at radius 1 is 1.07 bits per heavy atom. The van der Waals surface area contributed by atoms with Crippen molar-refractivity contribution in [3.05, 3.63) is 35.4 Å². The van der Waals surface area contributed by atoms with Gasteiger partial charge in [0.15, 0.2) is 5.96 Å². The number of hydrogen-bond donors (Lipinski definition) is 1. The summed E-state index contributed by atoms with van der Waals surface area (Å²) in [5.41, 5.74) is 2.58. The lowest BCUT2D eigenvalue weighted by Crippen LogP contribution is -2.40. The summed E-state index contributed by atoms with van der Waals surface area (Å²) >= 11 is 0. The largest absolute Gasteiger partial charge is 0.357 e. The number of rotatable bonds is 5. The van der Waals surface area contributed by atoms with Gasteiger partial charge in [0.25, 0.3) is 0 Å². The van der Waals surface area contributed by atoms with Gasteiger partial charge >= 0.3 is 0 Å². The third-order valence-electron chi connectivity index (χ3n) is 6.61. The highest BCUT2D eigenvalue weighted by atomic mass is 16.2. The lowest BCUT2D eigenvalue weighted by Gasteiger charge is -2.22. The third kappa shape index (κ3) is 4.34. The van der Waals surface area contributed by atoms with E-state index in [9.17, 15) is 4.79 Å². The molecule has 1 aromatic carbocycles. The van der Waals surface area contributed by atoms with E-state index in [4.69, 9.17) is 4.99 Å². The van der Waals surface area contributed by atoms with Crippen molar-refractivity contribution in [1.82, 2.24) is 15.1 Å². The fourth-order valence-electron chi connectivity index (χ4n) is 5.09. The first-order chi connectivity index (χ1) is 13.7. The minimum Gasteiger partial charge on any atom is -0.357 e. The SMILES string of the molecule is CCNC(=NCCCC(=O)N1Cc2ccccc2C1)N1CC2CCCCC2C1. The summed E-state index contributed by atoms with van der Waals surface area (Å²) in [6.07, 6.45) is 6.96. The van der Waals surface area contributed by atoms with Crippen LogP contribution in [0.5, 0.6) is 0 Å². The average molecular weight is 383 g/mol. The number of benzene rings is 1. The van der Waals surface area contributed by atoms with E-state index in [0.717, 1.165) is 63.5 Å². The van der Waals surface area contributed by atoms with Crippen molar-refractivity contribution in [2.75, 3.05) is 26.2 Å². The number of carbonyl (C=O) groups excluding carboxylic acids is 1. The van der Waals surface area contributed by atoms with Crippen LogP contribution in [0.3, 0.4) is 0 Å². The number of hydrogen-bond acceptors (Lipinski definition) is 2. The van der Waals surface area contributed by atoms with Gasteiger partial charge < -0.3 is 15.1 Å². The first-order valence-electron chi connectivity index (χ1n) is 11.1. The molecule has 1 N–H and O–H groups in total. The molecule has 2 aliphatic heterocycles. The monoisotopic (exact) mass is 382 g/mol. The molecule has 1 amide bonds. The number of amides is 1. The zero-order chi connectivity index (χ0) is 19.3. The zero-order valence-electron chi connectivity index (χ0n) is 17.2. The van der Waals surface area contributed by atoms with E-state index in [-0.39, 0.29) is 5.91 Å². The highest BCUT2D eigenvalue weighted by molar-refractivity contribution is 5.80. The van der Waals surface area contributed by atoms with Crippen LogP contribution in [-0.2, 0) is 17.9 Å². The second-order valence-corrected chi connectivity index (χ2v) is 8.57. The Bertz CT molecular complexity index is 677. The molecule has 2 unspecified atom stereocenters. The van der Waals surface area contributed by atoms with Gasteiger partial charge in [-0.3, -0.25) is 9.79 Å². The van der Waals surface area contributed by atoms with Gasteiger partial charge in [0, 0.05) is 45.7 Å². The zero-order valence-corrected chi connectivity index (χ0v) is 17.2. The molecule has 0 radical (unpaired) electrons. The minimum atomic E-state index is 0.253. The number of aliphatic imine (C=N–C) groups is 1. The van der Waals surface area contributed by atoms with Gasteiger partial charge in [0.05, 0.1) is 0 Å². The van der Waals surface area contributed by atoms with Crippen LogP contribution in [0.1, 0.15) is 56.6 Å². The van der Waals surface area contributed by atoms with E-state index in [1.807, 2.05) is 4.90 Å². The Morgan fingerprint density at radius 3 is 2.32 bits per heavy atom. The van der Waals surface area contributed by atoms with Crippen molar-refractivity contribution >= 4 is 11.9 Å². The molecule has 0 spiro atoms. The number of fused-ring (bicyclic) bond motifs is 2. The van der Waals surface area contributed by atoms with Crippen LogP contribution in [-0.4, -0.2) is 47.8 Å². The standard InChI is InChI=1S/C23H34N4O/c1-2-24-23(27-16-20-10-5-6-11-21(20)17-27)25-13-7-12-22(28)26-14-18-8-3-4-9-19(18)15-26/h3-4,8-9,20-21H,2,5-7,10-17H2,1H3,(H,24,25). The number of nitrogens with one attached hydrogen (secondary N) is 1. The average Bonchev–Trinajstić information content (AvgIpc) is 3.34. The van der Waals surface area contributed by atoms with Crippen LogP contribution in [0.25, 0.3) is 0 Å². The highest BCUT2D eigenvalue weighted by Crippen LogP contribution is 2.36. The maximum Gasteiger partial charge on any atom is 0.223 e. The Labute approximate surface area is 169 Å². The van der Waals surface area contributed by atoms with E-state index in [1.54, 1.807) is 0 Å². The Kier molecular flexibility index (Phi) is 6.18. The second-order valence-electron chi connectivity index (χ2n) is 8.57. The molecule has 2 heterocycles. The van der Waals surface area contributed by atoms with Crippen LogP contribution in [0.4, 0.5) is 0 Å². The smallest absolute Gasteiger partial charge is 0.223 e. The summed E-state index contributed by atoms with van der Waals surface area (Å²) < 4.78 is 0. The van der Waals surface area contributed by atoms with Crippen molar-refractivity contribution in [2.45, 2.75) is 58.5 Å². The van der Waals surface area contributed by atoms with Crippen molar-refractivity contribution in [3.63, 3.8) is 0 Å². The van der Waals surface area contributed by atoms with E-state index in [1.165, 1.54) is 36.8 Å². The van der Waals surface area contributed by atoms with Gasteiger partial charge in [0.1, 0.15) is 0 Å². The Hall–Kier alpha value is -2.04.